The zero-order valence-electron chi connectivity index (χ0n) is 12.5. The van der Waals surface area contributed by atoms with Crippen molar-refractivity contribution in [3.05, 3.63) is 0 Å². The van der Waals surface area contributed by atoms with Crippen LogP contribution in [0.4, 0.5) is 0 Å². The molecule has 19 heavy (non-hydrogen) atoms. The zero-order chi connectivity index (χ0) is 14.4. The van der Waals surface area contributed by atoms with Crippen molar-refractivity contribution in [2.24, 2.45) is 5.92 Å². The average Bonchev–Trinajstić information content (AvgIpc) is 2.36. The fourth-order valence-electron chi connectivity index (χ4n) is 2.56. The van der Waals surface area contributed by atoms with Gasteiger partial charge in [0, 0.05) is 6.04 Å². The third-order valence-corrected chi connectivity index (χ3v) is 3.75. The highest BCUT2D eigenvalue weighted by Gasteiger charge is 2.23. The van der Waals surface area contributed by atoms with E-state index in [1.54, 1.807) is 0 Å². The number of nitrogens with one attached hydrogen (secondary N) is 2. The molecule has 1 atom stereocenters. The van der Waals surface area contributed by atoms with Crippen LogP contribution in [0.5, 0.6) is 0 Å². The predicted molar refractivity (Wildman–Crippen MR) is 76.0 cm³/mol. The van der Waals surface area contributed by atoms with Crippen molar-refractivity contribution in [2.75, 3.05) is 26.7 Å². The number of Topliss-reactive ketones (excluding diaryl/α,β-unsaturated/α-hetero) is 1. The SMILES string of the molecule is CC(=O)C(NC(=O)CN(C)C1CCNCC1)C(C)C. The fraction of sp³-hybridized carbons (Fsp3) is 0.857. The Morgan fingerprint density at radius 1 is 1.32 bits per heavy atom. The van der Waals surface area contributed by atoms with Gasteiger partial charge >= 0.3 is 0 Å². The molecule has 0 radical (unpaired) electrons. The van der Waals surface area contributed by atoms with E-state index < -0.39 is 0 Å². The van der Waals surface area contributed by atoms with Crippen molar-refractivity contribution < 1.29 is 9.59 Å². The molecule has 1 unspecified atom stereocenters. The lowest BCUT2D eigenvalue weighted by atomic mass is 10.0. The summed E-state index contributed by atoms with van der Waals surface area (Å²) in [6.45, 7) is 7.81. The van der Waals surface area contributed by atoms with Crippen molar-refractivity contribution in [3.63, 3.8) is 0 Å². The Hall–Kier alpha value is -0.940. The largest absolute Gasteiger partial charge is 0.345 e. The van der Waals surface area contributed by atoms with Crippen LogP contribution in [0, 0.1) is 5.92 Å². The molecule has 5 nitrogen and oxygen atoms in total. The molecule has 0 aromatic rings. The average molecular weight is 269 g/mol. The minimum Gasteiger partial charge on any atom is -0.345 e. The van der Waals surface area contributed by atoms with E-state index in [-0.39, 0.29) is 23.7 Å². The van der Waals surface area contributed by atoms with Crippen LogP contribution in [0.15, 0.2) is 0 Å². The topological polar surface area (TPSA) is 61.4 Å². The van der Waals surface area contributed by atoms with Gasteiger partial charge in [0.15, 0.2) is 5.78 Å². The van der Waals surface area contributed by atoms with Gasteiger partial charge in [-0.05, 0) is 45.8 Å². The van der Waals surface area contributed by atoms with Crippen molar-refractivity contribution in [2.45, 2.75) is 45.7 Å². The Morgan fingerprint density at radius 2 is 1.89 bits per heavy atom. The molecule has 0 saturated carbocycles. The Labute approximate surface area is 116 Å². The smallest absolute Gasteiger partial charge is 0.234 e. The number of amides is 1. The van der Waals surface area contributed by atoms with Gasteiger partial charge < -0.3 is 10.6 Å². The molecule has 110 valence electrons. The summed E-state index contributed by atoms with van der Waals surface area (Å²) in [6, 6.07) is 0.0933. The van der Waals surface area contributed by atoms with E-state index in [0.717, 1.165) is 25.9 Å². The van der Waals surface area contributed by atoms with E-state index >= 15 is 0 Å². The van der Waals surface area contributed by atoms with Crippen LogP contribution in [0.1, 0.15) is 33.6 Å². The second-order valence-corrected chi connectivity index (χ2v) is 5.80. The van der Waals surface area contributed by atoms with Gasteiger partial charge in [-0.2, -0.15) is 0 Å². The number of carbonyl (C=O) groups is 2. The molecule has 0 spiro atoms. The molecule has 1 fully saturated rings. The highest BCUT2D eigenvalue weighted by molar-refractivity contribution is 5.88. The minimum atomic E-state index is -0.367. The Bertz CT molecular complexity index is 312. The Kier molecular flexibility index (Phi) is 6.45. The highest BCUT2D eigenvalue weighted by Crippen LogP contribution is 2.09. The molecule has 1 aliphatic rings. The van der Waals surface area contributed by atoms with Gasteiger partial charge in [-0.15, -0.1) is 0 Å². The van der Waals surface area contributed by atoms with E-state index in [2.05, 4.69) is 15.5 Å². The summed E-state index contributed by atoms with van der Waals surface area (Å²) in [4.78, 5) is 25.6. The van der Waals surface area contributed by atoms with Crippen LogP contribution in [0.25, 0.3) is 0 Å². The number of rotatable bonds is 6. The van der Waals surface area contributed by atoms with Crippen molar-refractivity contribution in [1.82, 2.24) is 15.5 Å². The van der Waals surface area contributed by atoms with Crippen LogP contribution in [0.3, 0.4) is 0 Å². The molecule has 2 N–H and O–H groups in total. The number of ketones is 1. The maximum absolute atomic E-state index is 12.0. The Morgan fingerprint density at radius 3 is 2.37 bits per heavy atom. The molecule has 1 rings (SSSR count). The molecule has 1 heterocycles. The molecule has 1 saturated heterocycles. The second kappa shape index (κ2) is 7.60. The van der Waals surface area contributed by atoms with Gasteiger partial charge in [-0.3, -0.25) is 14.5 Å². The summed E-state index contributed by atoms with van der Waals surface area (Å²) in [6.07, 6.45) is 2.15. The van der Waals surface area contributed by atoms with Crippen molar-refractivity contribution in [1.29, 1.82) is 0 Å². The summed E-state index contributed by atoms with van der Waals surface area (Å²) in [5, 5.41) is 6.15. The van der Waals surface area contributed by atoms with E-state index in [1.807, 2.05) is 20.9 Å². The number of nitrogens with zero attached hydrogens (tertiary/aromatic N) is 1. The molecular formula is C14H27N3O2. The summed E-state index contributed by atoms with van der Waals surface area (Å²) in [5.74, 6) is 0.0911. The number of hydrogen-bond donors (Lipinski definition) is 2. The van der Waals surface area contributed by atoms with Gasteiger partial charge in [0.1, 0.15) is 0 Å². The van der Waals surface area contributed by atoms with Crippen LogP contribution >= 0.6 is 0 Å². The van der Waals surface area contributed by atoms with Crippen molar-refractivity contribution >= 4 is 11.7 Å². The lowest BCUT2D eigenvalue weighted by molar-refractivity contribution is -0.128. The van der Waals surface area contributed by atoms with Crippen LogP contribution < -0.4 is 10.6 Å². The van der Waals surface area contributed by atoms with E-state index in [0.29, 0.717) is 12.6 Å². The van der Waals surface area contributed by atoms with Crippen molar-refractivity contribution in [3.8, 4) is 0 Å². The standard InChI is InChI=1S/C14H27N3O2/c1-10(2)14(11(3)18)16-13(19)9-17(4)12-5-7-15-8-6-12/h10,12,14-15H,5-9H2,1-4H3,(H,16,19). The summed E-state index contributed by atoms with van der Waals surface area (Å²) < 4.78 is 0. The van der Waals surface area contributed by atoms with E-state index in [9.17, 15) is 9.59 Å². The minimum absolute atomic E-state index is 0.0212. The van der Waals surface area contributed by atoms with Crippen LogP contribution in [-0.4, -0.2) is 55.4 Å². The molecule has 0 aromatic heterocycles. The van der Waals surface area contributed by atoms with E-state index in [4.69, 9.17) is 0 Å². The number of likely N-dealkylation sites (N-methyl/N-ethyl adjacent to an activating group) is 1. The van der Waals surface area contributed by atoms with Gasteiger partial charge in [0.05, 0.1) is 12.6 Å². The molecular weight excluding hydrogens is 242 g/mol. The first-order valence-electron chi connectivity index (χ1n) is 7.12. The molecule has 0 aromatic carbocycles. The quantitative estimate of drug-likeness (QED) is 0.733. The number of hydrogen-bond acceptors (Lipinski definition) is 4. The molecule has 1 aliphatic heterocycles. The molecule has 1 amide bonds. The summed E-state index contributed by atoms with van der Waals surface area (Å²) >= 11 is 0. The molecule has 0 bridgehead atoms. The molecule has 0 aliphatic carbocycles. The first-order valence-corrected chi connectivity index (χ1v) is 7.12. The highest BCUT2D eigenvalue weighted by atomic mass is 16.2. The first kappa shape index (κ1) is 16.1. The number of carbonyl (C=O) groups excluding carboxylic acids is 2. The zero-order valence-corrected chi connectivity index (χ0v) is 12.5. The van der Waals surface area contributed by atoms with Gasteiger partial charge in [0.2, 0.25) is 5.91 Å². The van der Waals surface area contributed by atoms with Gasteiger partial charge in [-0.25, -0.2) is 0 Å². The van der Waals surface area contributed by atoms with Gasteiger partial charge in [0.25, 0.3) is 0 Å². The third kappa shape index (κ3) is 5.28. The van der Waals surface area contributed by atoms with Crippen LogP contribution in [0.2, 0.25) is 0 Å². The van der Waals surface area contributed by atoms with E-state index in [1.165, 1.54) is 6.92 Å². The lowest BCUT2D eigenvalue weighted by Gasteiger charge is -2.31. The Balaban J connectivity index is 2.42. The molecule has 5 heteroatoms. The maximum atomic E-state index is 12.0. The third-order valence-electron chi connectivity index (χ3n) is 3.75. The lowest BCUT2D eigenvalue weighted by Crippen LogP contribution is -2.49. The monoisotopic (exact) mass is 269 g/mol. The maximum Gasteiger partial charge on any atom is 0.234 e. The first-order chi connectivity index (χ1) is 8.91. The number of piperidine rings is 1. The predicted octanol–water partition coefficient (Wildman–Crippen LogP) is 0.400. The summed E-state index contributed by atoms with van der Waals surface area (Å²) in [5.41, 5.74) is 0. The van der Waals surface area contributed by atoms with Gasteiger partial charge in [-0.1, -0.05) is 13.8 Å². The second-order valence-electron chi connectivity index (χ2n) is 5.80. The summed E-state index contributed by atoms with van der Waals surface area (Å²) in [7, 11) is 1.98. The fourth-order valence-corrected chi connectivity index (χ4v) is 2.56. The normalized spacial score (nSPS) is 18.6. The van der Waals surface area contributed by atoms with Crippen LogP contribution in [-0.2, 0) is 9.59 Å².